The molecule has 0 bridgehead atoms. The zero-order chi connectivity index (χ0) is 22.0. The van der Waals surface area contributed by atoms with Gasteiger partial charge in [0.1, 0.15) is 17.3 Å². The highest BCUT2D eigenvalue weighted by Crippen LogP contribution is 2.24. The Morgan fingerprint density at radius 3 is 2.06 bits per heavy atom. The number of nitrogens with zero attached hydrogens (tertiary/aromatic N) is 4. The van der Waals surface area contributed by atoms with Crippen molar-refractivity contribution in [2.75, 3.05) is 41.3 Å². The molecule has 0 radical (unpaired) electrons. The molecule has 4 rings (SSSR count). The van der Waals surface area contributed by atoms with Crippen LogP contribution in [0.1, 0.15) is 5.56 Å². The molecule has 0 saturated carbocycles. The lowest BCUT2D eigenvalue weighted by Gasteiger charge is -2.36. The summed E-state index contributed by atoms with van der Waals surface area (Å²) >= 11 is 0. The van der Waals surface area contributed by atoms with E-state index in [9.17, 15) is 22.0 Å². The van der Waals surface area contributed by atoms with E-state index >= 15 is 0 Å². The van der Waals surface area contributed by atoms with Gasteiger partial charge >= 0.3 is 0 Å². The number of rotatable bonds is 5. The molecule has 0 unspecified atom stereocenters. The molecule has 0 spiro atoms. The van der Waals surface area contributed by atoms with Crippen LogP contribution in [0.5, 0.6) is 0 Å². The SMILES string of the molecule is Fc1ccc(N2CCN(c3cc(CNc4c(F)c(F)nc(F)c4F)ccn3)CC2)cc1. The molecule has 31 heavy (non-hydrogen) atoms. The number of halogens is 5. The number of benzene rings is 1. The third-order valence-corrected chi connectivity index (χ3v) is 5.07. The molecule has 2 aromatic heterocycles. The summed E-state index contributed by atoms with van der Waals surface area (Å²) in [5, 5.41) is 2.39. The van der Waals surface area contributed by atoms with Gasteiger partial charge in [0, 0.05) is 44.6 Å². The highest BCUT2D eigenvalue weighted by molar-refractivity contribution is 5.51. The van der Waals surface area contributed by atoms with Crippen molar-refractivity contribution < 1.29 is 22.0 Å². The molecule has 3 aromatic rings. The standard InChI is InChI=1S/C21H18F5N5/c22-14-1-3-15(4-2-14)30-7-9-31(10-8-30)16-11-13(5-6-27-16)12-28-19-17(23)20(25)29-21(26)18(19)24/h1-6,11H,7-10,12H2,(H,28,29). The third kappa shape index (κ3) is 4.52. The number of piperazine rings is 1. The number of hydrogen-bond donors (Lipinski definition) is 1. The normalized spacial score (nSPS) is 14.1. The van der Waals surface area contributed by atoms with Gasteiger partial charge in [-0.1, -0.05) is 0 Å². The van der Waals surface area contributed by atoms with Gasteiger partial charge in [0.05, 0.1) is 0 Å². The molecule has 1 N–H and O–H groups in total. The van der Waals surface area contributed by atoms with Crippen molar-refractivity contribution in [1.29, 1.82) is 0 Å². The molecule has 1 aliphatic rings. The van der Waals surface area contributed by atoms with Crippen molar-refractivity contribution in [2.45, 2.75) is 6.54 Å². The van der Waals surface area contributed by atoms with Gasteiger partial charge < -0.3 is 15.1 Å². The van der Waals surface area contributed by atoms with E-state index < -0.39 is 29.2 Å². The Hall–Kier alpha value is -3.43. The summed E-state index contributed by atoms with van der Waals surface area (Å²) in [5.41, 5.74) is 0.659. The number of hydrogen-bond acceptors (Lipinski definition) is 5. The van der Waals surface area contributed by atoms with Crippen LogP contribution in [0.4, 0.5) is 39.1 Å². The second-order valence-electron chi connectivity index (χ2n) is 7.02. The fourth-order valence-corrected chi connectivity index (χ4v) is 3.42. The molecule has 1 fully saturated rings. The summed E-state index contributed by atoms with van der Waals surface area (Å²) in [6, 6.07) is 9.69. The third-order valence-electron chi connectivity index (χ3n) is 5.07. The van der Waals surface area contributed by atoms with Crippen LogP contribution >= 0.6 is 0 Å². The first-order valence-electron chi connectivity index (χ1n) is 9.56. The van der Waals surface area contributed by atoms with Gasteiger partial charge in [-0.05, 0) is 42.0 Å². The molecule has 0 aliphatic carbocycles. The molecular formula is C21H18F5N5. The average molecular weight is 435 g/mol. The first-order valence-corrected chi connectivity index (χ1v) is 9.56. The van der Waals surface area contributed by atoms with Gasteiger partial charge in [-0.25, -0.2) is 9.37 Å². The predicted octanol–water partition coefficient (Wildman–Crippen LogP) is 4.11. The van der Waals surface area contributed by atoms with Crippen LogP contribution in [0, 0.1) is 29.3 Å². The fraction of sp³-hybridized carbons (Fsp3) is 0.238. The average Bonchev–Trinajstić information content (AvgIpc) is 2.79. The van der Waals surface area contributed by atoms with Crippen molar-refractivity contribution in [3.63, 3.8) is 0 Å². The minimum atomic E-state index is -1.71. The molecule has 0 amide bonds. The Labute approximate surface area is 175 Å². The Morgan fingerprint density at radius 1 is 0.806 bits per heavy atom. The number of pyridine rings is 2. The van der Waals surface area contributed by atoms with E-state index in [-0.39, 0.29) is 12.4 Å². The van der Waals surface area contributed by atoms with Crippen LogP contribution in [0.15, 0.2) is 42.6 Å². The maximum Gasteiger partial charge on any atom is 0.253 e. The second-order valence-corrected chi connectivity index (χ2v) is 7.02. The molecular weight excluding hydrogens is 417 g/mol. The zero-order valence-corrected chi connectivity index (χ0v) is 16.3. The van der Waals surface area contributed by atoms with Gasteiger partial charge in [0.15, 0.2) is 0 Å². The number of anilines is 3. The van der Waals surface area contributed by atoms with Crippen LogP contribution < -0.4 is 15.1 Å². The fourth-order valence-electron chi connectivity index (χ4n) is 3.42. The van der Waals surface area contributed by atoms with Gasteiger partial charge in [0.25, 0.3) is 11.9 Å². The Kier molecular flexibility index (Phi) is 5.88. The summed E-state index contributed by atoms with van der Waals surface area (Å²) < 4.78 is 67.1. The van der Waals surface area contributed by atoms with Crippen molar-refractivity contribution >= 4 is 17.2 Å². The first-order chi connectivity index (χ1) is 14.9. The molecule has 1 saturated heterocycles. The van der Waals surface area contributed by atoms with Gasteiger partial charge in [-0.2, -0.15) is 22.5 Å². The van der Waals surface area contributed by atoms with Crippen molar-refractivity contribution in [2.24, 2.45) is 0 Å². The molecule has 3 heterocycles. The summed E-state index contributed by atoms with van der Waals surface area (Å²) in [4.78, 5) is 11.1. The lowest BCUT2D eigenvalue weighted by molar-refractivity contribution is 0.410. The first kappa shape index (κ1) is 20.8. The maximum absolute atomic E-state index is 13.8. The smallest absolute Gasteiger partial charge is 0.253 e. The van der Waals surface area contributed by atoms with Crippen LogP contribution in [0.3, 0.4) is 0 Å². The molecule has 1 aromatic carbocycles. The largest absolute Gasteiger partial charge is 0.376 e. The molecule has 10 heteroatoms. The summed E-state index contributed by atoms with van der Waals surface area (Å²) in [5.74, 6) is -6.19. The summed E-state index contributed by atoms with van der Waals surface area (Å²) in [6.45, 7) is 2.70. The maximum atomic E-state index is 13.8. The minimum absolute atomic E-state index is 0.0677. The quantitative estimate of drug-likeness (QED) is 0.483. The Morgan fingerprint density at radius 2 is 1.42 bits per heavy atom. The lowest BCUT2D eigenvalue weighted by Crippen LogP contribution is -2.46. The Balaban J connectivity index is 1.41. The highest BCUT2D eigenvalue weighted by Gasteiger charge is 2.21. The van der Waals surface area contributed by atoms with E-state index in [2.05, 4.69) is 25.1 Å². The molecule has 5 nitrogen and oxygen atoms in total. The van der Waals surface area contributed by atoms with E-state index in [1.807, 2.05) is 0 Å². The molecule has 0 atom stereocenters. The predicted molar refractivity (Wildman–Crippen MR) is 106 cm³/mol. The van der Waals surface area contributed by atoms with Gasteiger partial charge in [-0.3, -0.25) is 0 Å². The number of aromatic nitrogens is 2. The van der Waals surface area contributed by atoms with E-state index in [0.29, 0.717) is 37.6 Å². The van der Waals surface area contributed by atoms with Crippen LogP contribution in [0.2, 0.25) is 0 Å². The van der Waals surface area contributed by atoms with E-state index in [1.165, 1.54) is 12.1 Å². The van der Waals surface area contributed by atoms with E-state index in [4.69, 9.17) is 0 Å². The lowest BCUT2D eigenvalue weighted by atomic mass is 10.2. The van der Waals surface area contributed by atoms with Crippen molar-refractivity contribution in [1.82, 2.24) is 9.97 Å². The van der Waals surface area contributed by atoms with Gasteiger partial charge in [0.2, 0.25) is 11.6 Å². The summed E-state index contributed by atoms with van der Waals surface area (Å²) in [6.07, 6.45) is 1.55. The van der Waals surface area contributed by atoms with E-state index in [1.54, 1.807) is 30.5 Å². The van der Waals surface area contributed by atoms with Crippen LogP contribution in [-0.4, -0.2) is 36.1 Å². The van der Waals surface area contributed by atoms with Crippen LogP contribution in [-0.2, 0) is 6.54 Å². The highest BCUT2D eigenvalue weighted by atomic mass is 19.2. The van der Waals surface area contributed by atoms with E-state index in [0.717, 1.165) is 5.69 Å². The minimum Gasteiger partial charge on any atom is -0.376 e. The molecule has 162 valence electrons. The van der Waals surface area contributed by atoms with Crippen molar-refractivity contribution in [3.8, 4) is 0 Å². The van der Waals surface area contributed by atoms with Crippen LogP contribution in [0.25, 0.3) is 0 Å². The monoisotopic (exact) mass is 435 g/mol. The molecule has 1 aliphatic heterocycles. The topological polar surface area (TPSA) is 44.3 Å². The summed E-state index contributed by atoms with van der Waals surface area (Å²) in [7, 11) is 0. The number of nitrogens with one attached hydrogen (secondary N) is 1. The van der Waals surface area contributed by atoms with Gasteiger partial charge in [-0.15, -0.1) is 0 Å². The Bertz CT molecular complexity index is 1040. The zero-order valence-electron chi connectivity index (χ0n) is 16.3. The second kappa shape index (κ2) is 8.75. The van der Waals surface area contributed by atoms with Crippen molar-refractivity contribution in [3.05, 3.63) is 77.5 Å².